The zero-order valence-electron chi connectivity index (χ0n) is 20.9. The predicted molar refractivity (Wildman–Crippen MR) is 133 cm³/mol. The number of morpholine rings is 1. The fourth-order valence-corrected chi connectivity index (χ4v) is 4.76. The van der Waals surface area contributed by atoms with Gasteiger partial charge in [-0.2, -0.15) is 0 Å². The third-order valence-electron chi connectivity index (χ3n) is 6.61. The fourth-order valence-electron chi connectivity index (χ4n) is 4.76. The lowest BCUT2D eigenvalue weighted by molar-refractivity contribution is -0.140. The van der Waals surface area contributed by atoms with E-state index in [1.807, 2.05) is 0 Å². The van der Waals surface area contributed by atoms with Crippen LogP contribution in [0.5, 0.6) is 17.2 Å². The number of aliphatic hydroxyl groups excluding tert-OH is 1. The Hall–Kier alpha value is -3.56. The standard InChI is InChI=1S/C27H32N2O7/c1-33-19-10-8-18(9-11-19)24(30)22-23(20-6-4-7-21(34-2)26(20)35-3)29(27(32)25(22)31)13-5-12-28-14-16-36-17-15-28/h4,6-11,23,30H,5,12-17H2,1-3H3/t23-/m0/s1. The number of methoxy groups -OCH3 is 3. The van der Waals surface area contributed by atoms with Gasteiger partial charge in [0.1, 0.15) is 11.5 Å². The SMILES string of the molecule is COc1ccc(C(O)=C2C(=O)C(=O)N(CCCN3CCOCC3)[C@H]2c2cccc(OC)c2OC)cc1. The zero-order chi connectivity index (χ0) is 25.7. The van der Waals surface area contributed by atoms with Crippen LogP contribution in [0.15, 0.2) is 48.0 Å². The highest BCUT2D eigenvalue weighted by Gasteiger charge is 2.47. The minimum atomic E-state index is -0.832. The maximum absolute atomic E-state index is 13.3. The number of ether oxygens (including phenoxy) is 4. The molecule has 1 amide bonds. The summed E-state index contributed by atoms with van der Waals surface area (Å²) in [6.07, 6.45) is 0.665. The Morgan fingerprint density at radius 1 is 0.972 bits per heavy atom. The molecule has 2 aliphatic heterocycles. The molecule has 0 saturated carbocycles. The summed E-state index contributed by atoms with van der Waals surface area (Å²) in [5.41, 5.74) is 0.995. The minimum absolute atomic E-state index is 0.0168. The molecule has 0 aromatic heterocycles. The van der Waals surface area contributed by atoms with Gasteiger partial charge in [-0.05, 0) is 36.8 Å². The Morgan fingerprint density at radius 3 is 2.33 bits per heavy atom. The number of hydrogen-bond donors (Lipinski definition) is 1. The van der Waals surface area contributed by atoms with E-state index < -0.39 is 17.7 Å². The number of carbonyl (C=O) groups excluding carboxylic acids is 2. The summed E-state index contributed by atoms with van der Waals surface area (Å²) in [5.74, 6) is -0.141. The van der Waals surface area contributed by atoms with Crippen LogP contribution in [0.2, 0.25) is 0 Å². The predicted octanol–water partition coefficient (Wildman–Crippen LogP) is 2.86. The molecule has 1 atom stereocenters. The summed E-state index contributed by atoms with van der Waals surface area (Å²) in [6, 6.07) is 11.2. The van der Waals surface area contributed by atoms with Crippen LogP contribution in [-0.2, 0) is 14.3 Å². The van der Waals surface area contributed by atoms with E-state index in [4.69, 9.17) is 18.9 Å². The highest BCUT2D eigenvalue weighted by Crippen LogP contribution is 2.45. The van der Waals surface area contributed by atoms with Crippen LogP contribution in [0, 0.1) is 0 Å². The van der Waals surface area contributed by atoms with Gasteiger partial charge < -0.3 is 29.0 Å². The summed E-state index contributed by atoms with van der Waals surface area (Å²) in [4.78, 5) is 30.4. The Labute approximate surface area is 210 Å². The van der Waals surface area contributed by atoms with Gasteiger partial charge in [0.05, 0.1) is 46.2 Å². The summed E-state index contributed by atoms with van der Waals surface area (Å²) < 4.78 is 21.7. The van der Waals surface area contributed by atoms with E-state index in [-0.39, 0.29) is 11.3 Å². The van der Waals surface area contributed by atoms with E-state index in [1.54, 1.807) is 49.6 Å². The molecule has 2 heterocycles. The van der Waals surface area contributed by atoms with Crippen LogP contribution < -0.4 is 14.2 Å². The van der Waals surface area contributed by atoms with E-state index in [0.717, 1.165) is 19.6 Å². The largest absolute Gasteiger partial charge is 0.507 e. The second kappa shape index (κ2) is 11.5. The number of nitrogens with zero attached hydrogens (tertiary/aromatic N) is 2. The molecule has 0 unspecified atom stereocenters. The third-order valence-corrected chi connectivity index (χ3v) is 6.61. The van der Waals surface area contributed by atoms with Gasteiger partial charge in [0.2, 0.25) is 0 Å². The Bertz CT molecular complexity index is 1120. The minimum Gasteiger partial charge on any atom is -0.507 e. The van der Waals surface area contributed by atoms with E-state index >= 15 is 0 Å². The summed E-state index contributed by atoms with van der Waals surface area (Å²) in [5, 5.41) is 11.3. The monoisotopic (exact) mass is 496 g/mol. The highest BCUT2D eigenvalue weighted by molar-refractivity contribution is 6.46. The normalized spacial score (nSPS) is 20.0. The van der Waals surface area contributed by atoms with Crippen molar-refractivity contribution in [2.45, 2.75) is 12.5 Å². The van der Waals surface area contributed by atoms with Crippen LogP contribution in [0.25, 0.3) is 5.76 Å². The molecular weight excluding hydrogens is 464 g/mol. The number of benzene rings is 2. The fraction of sp³-hybridized carbons (Fsp3) is 0.407. The van der Waals surface area contributed by atoms with E-state index in [9.17, 15) is 14.7 Å². The van der Waals surface area contributed by atoms with Crippen molar-refractivity contribution in [3.8, 4) is 17.2 Å². The van der Waals surface area contributed by atoms with Crippen molar-refractivity contribution in [1.82, 2.24) is 9.80 Å². The number of likely N-dealkylation sites (tertiary alicyclic amines) is 1. The highest BCUT2D eigenvalue weighted by atomic mass is 16.5. The van der Waals surface area contributed by atoms with E-state index in [1.165, 1.54) is 19.1 Å². The molecule has 9 heteroatoms. The van der Waals surface area contributed by atoms with Gasteiger partial charge in [0.15, 0.2) is 11.5 Å². The molecule has 2 aromatic rings. The van der Waals surface area contributed by atoms with Crippen molar-refractivity contribution in [2.24, 2.45) is 0 Å². The smallest absolute Gasteiger partial charge is 0.295 e. The number of aliphatic hydroxyl groups is 1. The number of para-hydroxylation sites is 1. The molecular formula is C27H32N2O7. The topological polar surface area (TPSA) is 97.8 Å². The Morgan fingerprint density at radius 2 is 1.69 bits per heavy atom. The molecule has 9 nitrogen and oxygen atoms in total. The first-order valence-electron chi connectivity index (χ1n) is 11.9. The summed E-state index contributed by atoms with van der Waals surface area (Å²) in [6.45, 7) is 4.16. The molecule has 0 aliphatic carbocycles. The molecule has 0 spiro atoms. The number of ketones is 1. The lowest BCUT2D eigenvalue weighted by Crippen LogP contribution is -2.39. The van der Waals surface area contributed by atoms with Gasteiger partial charge in [-0.25, -0.2) is 0 Å². The lowest BCUT2D eigenvalue weighted by atomic mass is 9.94. The second-order valence-corrected chi connectivity index (χ2v) is 8.61. The van der Waals surface area contributed by atoms with Crippen molar-refractivity contribution in [3.05, 3.63) is 59.2 Å². The van der Waals surface area contributed by atoms with Crippen molar-refractivity contribution in [2.75, 3.05) is 60.7 Å². The number of amides is 1. The molecule has 36 heavy (non-hydrogen) atoms. The molecule has 1 N–H and O–H groups in total. The van der Waals surface area contributed by atoms with E-state index in [0.29, 0.717) is 54.6 Å². The number of rotatable bonds is 9. The quantitative estimate of drug-likeness (QED) is 0.322. The maximum atomic E-state index is 13.3. The molecule has 0 radical (unpaired) electrons. The van der Waals surface area contributed by atoms with Gasteiger partial charge in [-0.1, -0.05) is 12.1 Å². The van der Waals surface area contributed by atoms with Crippen LogP contribution >= 0.6 is 0 Å². The first-order valence-corrected chi connectivity index (χ1v) is 11.9. The van der Waals surface area contributed by atoms with Crippen LogP contribution in [-0.4, -0.2) is 87.3 Å². The molecule has 0 bridgehead atoms. The molecule has 4 rings (SSSR count). The average molecular weight is 497 g/mol. The Kier molecular flexibility index (Phi) is 8.12. The van der Waals surface area contributed by atoms with Crippen LogP contribution in [0.3, 0.4) is 0 Å². The number of hydrogen-bond acceptors (Lipinski definition) is 8. The molecule has 2 fully saturated rings. The Balaban J connectivity index is 1.75. The van der Waals surface area contributed by atoms with Crippen LogP contribution in [0.4, 0.5) is 0 Å². The van der Waals surface area contributed by atoms with Gasteiger partial charge in [-0.3, -0.25) is 14.5 Å². The van der Waals surface area contributed by atoms with E-state index in [2.05, 4.69) is 4.90 Å². The number of Topliss-reactive ketones (excluding diaryl/α,β-unsaturated/α-hetero) is 1. The summed E-state index contributed by atoms with van der Waals surface area (Å²) >= 11 is 0. The van der Waals surface area contributed by atoms with Crippen molar-refractivity contribution >= 4 is 17.4 Å². The molecule has 192 valence electrons. The van der Waals surface area contributed by atoms with Crippen molar-refractivity contribution in [3.63, 3.8) is 0 Å². The van der Waals surface area contributed by atoms with Crippen molar-refractivity contribution < 1.29 is 33.6 Å². The third kappa shape index (κ3) is 5.03. The summed E-state index contributed by atoms with van der Waals surface area (Å²) in [7, 11) is 4.58. The molecule has 2 aromatic carbocycles. The van der Waals surface area contributed by atoms with Gasteiger partial charge in [-0.15, -0.1) is 0 Å². The zero-order valence-corrected chi connectivity index (χ0v) is 20.9. The first kappa shape index (κ1) is 25.5. The number of carbonyl (C=O) groups is 2. The average Bonchev–Trinajstić information content (AvgIpc) is 3.17. The lowest BCUT2D eigenvalue weighted by Gasteiger charge is -2.30. The first-order chi connectivity index (χ1) is 17.5. The van der Waals surface area contributed by atoms with Gasteiger partial charge >= 0.3 is 0 Å². The maximum Gasteiger partial charge on any atom is 0.295 e. The second-order valence-electron chi connectivity index (χ2n) is 8.61. The molecule has 2 aliphatic rings. The van der Waals surface area contributed by atoms with Crippen molar-refractivity contribution in [1.29, 1.82) is 0 Å². The van der Waals surface area contributed by atoms with Gasteiger partial charge in [0.25, 0.3) is 11.7 Å². The van der Waals surface area contributed by atoms with Crippen LogP contribution in [0.1, 0.15) is 23.6 Å². The molecule has 2 saturated heterocycles. The van der Waals surface area contributed by atoms with Gasteiger partial charge in [0, 0.05) is 37.3 Å².